The number of rotatable bonds is 7. The molecule has 11 heteroatoms. The lowest BCUT2D eigenvalue weighted by atomic mass is 10.0. The number of halogens is 3. The van der Waals surface area contributed by atoms with Gasteiger partial charge in [0.05, 0.1) is 21.5 Å². The molecule has 1 saturated carbocycles. The van der Waals surface area contributed by atoms with Crippen LogP contribution in [-0.4, -0.2) is 58.8 Å². The molecule has 4 rings (SSSR count). The van der Waals surface area contributed by atoms with Crippen molar-refractivity contribution >= 4 is 40.0 Å². The number of aryl methyl sites for hydroxylation is 1. The van der Waals surface area contributed by atoms with Crippen LogP contribution in [0.2, 0.25) is 0 Å². The van der Waals surface area contributed by atoms with E-state index in [1.54, 1.807) is 24.9 Å². The fraction of sp³-hybridized carbons (Fsp3) is 0.458. The van der Waals surface area contributed by atoms with Gasteiger partial charge in [0.15, 0.2) is 5.13 Å². The molecule has 0 radical (unpaired) electrons. The van der Waals surface area contributed by atoms with E-state index in [4.69, 9.17) is 0 Å². The predicted molar refractivity (Wildman–Crippen MR) is 131 cm³/mol. The van der Waals surface area contributed by atoms with Crippen LogP contribution in [0.3, 0.4) is 0 Å². The van der Waals surface area contributed by atoms with E-state index in [2.05, 4.69) is 16.9 Å². The number of carbonyl (C=O) groups is 2. The van der Waals surface area contributed by atoms with Gasteiger partial charge in [0, 0.05) is 37.1 Å². The molecule has 188 valence electrons. The zero-order valence-corrected chi connectivity index (χ0v) is 21.2. The number of thiazole rings is 1. The summed E-state index contributed by atoms with van der Waals surface area (Å²) >= 11 is 2.75. The van der Waals surface area contributed by atoms with Crippen LogP contribution in [0.5, 0.6) is 0 Å². The number of amides is 2. The van der Waals surface area contributed by atoms with Crippen LogP contribution in [0.15, 0.2) is 40.1 Å². The van der Waals surface area contributed by atoms with Crippen LogP contribution >= 0.6 is 23.1 Å². The minimum absolute atomic E-state index is 0.150. The molecule has 1 N–H and O–H groups in total. The van der Waals surface area contributed by atoms with Crippen molar-refractivity contribution in [3.63, 3.8) is 0 Å². The number of nitrogens with zero attached hydrogens (tertiary/aromatic N) is 3. The van der Waals surface area contributed by atoms with Gasteiger partial charge >= 0.3 is 6.18 Å². The smallest absolute Gasteiger partial charge is 0.361 e. The monoisotopic (exact) mass is 524 g/mol. The van der Waals surface area contributed by atoms with Gasteiger partial charge in [0.2, 0.25) is 5.91 Å². The number of alkyl halides is 3. The van der Waals surface area contributed by atoms with E-state index in [9.17, 15) is 22.8 Å². The summed E-state index contributed by atoms with van der Waals surface area (Å²) in [4.78, 5) is 33.2. The first-order valence-electron chi connectivity index (χ1n) is 11.4. The van der Waals surface area contributed by atoms with Crippen molar-refractivity contribution in [2.24, 2.45) is 5.92 Å². The van der Waals surface area contributed by atoms with E-state index in [0.717, 1.165) is 22.0 Å². The number of aromatic nitrogens is 1. The summed E-state index contributed by atoms with van der Waals surface area (Å²) in [6, 6.07) is 2.06. The van der Waals surface area contributed by atoms with Crippen LogP contribution in [0, 0.1) is 12.8 Å². The second-order valence-corrected chi connectivity index (χ2v) is 11.3. The number of benzene rings is 1. The molecule has 1 aromatic heterocycles. The van der Waals surface area contributed by atoms with Gasteiger partial charge < -0.3 is 15.1 Å². The second kappa shape index (κ2) is 10.2. The van der Waals surface area contributed by atoms with Gasteiger partial charge in [-0.1, -0.05) is 29.7 Å². The summed E-state index contributed by atoms with van der Waals surface area (Å²) in [5, 5.41) is 4.08. The third-order valence-corrected chi connectivity index (χ3v) is 8.37. The van der Waals surface area contributed by atoms with Gasteiger partial charge in [-0.2, -0.15) is 13.2 Å². The number of nitrogens with one attached hydrogen (secondary N) is 1. The average molecular weight is 525 g/mol. The molecule has 2 heterocycles. The lowest BCUT2D eigenvalue weighted by Gasteiger charge is -2.39. The molecule has 0 bridgehead atoms. The van der Waals surface area contributed by atoms with Crippen LogP contribution in [0.25, 0.3) is 0 Å². The maximum Gasteiger partial charge on any atom is 0.417 e. The maximum atomic E-state index is 13.9. The van der Waals surface area contributed by atoms with Crippen LogP contribution in [0.1, 0.15) is 41.3 Å². The van der Waals surface area contributed by atoms with Crippen molar-refractivity contribution in [3.8, 4) is 0 Å². The van der Waals surface area contributed by atoms with Crippen LogP contribution in [0.4, 0.5) is 18.3 Å². The maximum absolute atomic E-state index is 13.9. The molecule has 2 aliphatic rings. The minimum Gasteiger partial charge on any atom is -0.361 e. The summed E-state index contributed by atoms with van der Waals surface area (Å²) in [5.74, 6) is -0.252. The van der Waals surface area contributed by atoms with Gasteiger partial charge in [-0.3, -0.25) is 9.59 Å². The Bertz CT molecular complexity index is 1130. The lowest BCUT2D eigenvalue weighted by Crippen LogP contribution is -2.55. The molecule has 1 saturated heterocycles. The molecular weight excluding hydrogens is 497 g/mol. The quantitative estimate of drug-likeness (QED) is 0.498. The highest BCUT2D eigenvalue weighted by Crippen LogP contribution is 2.41. The standard InChI is InChI=1S/C24H27F3N4O2S2/c1-4-20(32)31-8-7-30(13-15(31)3)22(33)17-10-19(14(2)9-18(17)24(25,26)27)34-21-12-29-23(35-21)28-11-16-5-6-16/h4,9-10,12,15-16H,1,5-8,11,13H2,2-3H3,(H,28,29)/t15-/m1/s1. The first kappa shape index (κ1) is 25.6. The Hall–Kier alpha value is -2.53. The molecule has 6 nitrogen and oxygen atoms in total. The van der Waals surface area contributed by atoms with Crippen molar-refractivity contribution in [3.05, 3.63) is 47.7 Å². The van der Waals surface area contributed by atoms with Crippen molar-refractivity contribution in [2.45, 2.75) is 48.0 Å². The van der Waals surface area contributed by atoms with Crippen molar-refractivity contribution < 1.29 is 22.8 Å². The first-order chi connectivity index (χ1) is 16.6. The highest BCUT2D eigenvalue weighted by atomic mass is 32.2. The second-order valence-electron chi connectivity index (χ2n) is 8.91. The van der Waals surface area contributed by atoms with Crippen molar-refractivity contribution in [1.82, 2.24) is 14.8 Å². The topological polar surface area (TPSA) is 65.5 Å². The third-order valence-electron chi connectivity index (χ3n) is 6.16. The fourth-order valence-corrected chi connectivity index (χ4v) is 5.97. The van der Waals surface area contributed by atoms with Gasteiger partial charge in [-0.25, -0.2) is 4.98 Å². The Morgan fingerprint density at radius 2 is 2.06 bits per heavy atom. The van der Waals surface area contributed by atoms with Gasteiger partial charge in [-0.05, 0) is 56.4 Å². The molecule has 1 atom stereocenters. The molecule has 1 aliphatic carbocycles. The zero-order chi connectivity index (χ0) is 25.3. The minimum atomic E-state index is -4.67. The molecule has 2 aromatic rings. The van der Waals surface area contributed by atoms with Gasteiger partial charge in [0.1, 0.15) is 0 Å². The van der Waals surface area contributed by atoms with Gasteiger partial charge in [-0.15, -0.1) is 0 Å². The average Bonchev–Trinajstić information content (AvgIpc) is 3.54. The lowest BCUT2D eigenvalue weighted by molar-refractivity contribution is -0.138. The Morgan fingerprint density at radius 1 is 1.31 bits per heavy atom. The Balaban J connectivity index is 1.57. The molecule has 1 aliphatic heterocycles. The summed E-state index contributed by atoms with van der Waals surface area (Å²) in [5.41, 5.74) is -0.884. The highest BCUT2D eigenvalue weighted by molar-refractivity contribution is 8.01. The summed E-state index contributed by atoms with van der Waals surface area (Å²) in [6.45, 7) is 8.27. The summed E-state index contributed by atoms with van der Waals surface area (Å²) in [7, 11) is 0. The molecule has 2 fully saturated rings. The number of hydrogen-bond donors (Lipinski definition) is 1. The number of piperazine rings is 1. The SMILES string of the molecule is C=CC(=O)N1CCN(C(=O)c2cc(Sc3cnc(NCC4CC4)s3)c(C)cc2C(F)(F)F)C[C@H]1C. The number of hydrogen-bond acceptors (Lipinski definition) is 6. The third kappa shape index (κ3) is 6.00. The summed E-state index contributed by atoms with van der Waals surface area (Å²) < 4.78 is 42.5. The molecule has 0 spiro atoms. The van der Waals surface area contributed by atoms with Crippen LogP contribution in [-0.2, 0) is 11.0 Å². The summed E-state index contributed by atoms with van der Waals surface area (Å²) in [6.07, 6.45) is 0.668. The van der Waals surface area contributed by atoms with E-state index in [-0.39, 0.29) is 37.1 Å². The molecule has 0 unspecified atom stereocenters. The Morgan fingerprint density at radius 3 is 2.69 bits per heavy atom. The Kier molecular flexibility index (Phi) is 7.46. The van der Waals surface area contributed by atoms with Gasteiger partial charge in [0.25, 0.3) is 5.91 Å². The van der Waals surface area contributed by atoms with E-state index in [1.807, 2.05) is 0 Å². The molecular formula is C24H27F3N4O2S2. The predicted octanol–water partition coefficient (Wildman–Crippen LogP) is 5.30. The largest absolute Gasteiger partial charge is 0.417 e. The highest BCUT2D eigenvalue weighted by Gasteiger charge is 2.38. The van der Waals surface area contributed by atoms with Crippen LogP contribution < -0.4 is 5.32 Å². The molecule has 1 aromatic carbocycles. The molecule has 35 heavy (non-hydrogen) atoms. The van der Waals surface area contributed by atoms with E-state index in [0.29, 0.717) is 16.4 Å². The van der Waals surface area contributed by atoms with Crippen molar-refractivity contribution in [1.29, 1.82) is 0 Å². The van der Waals surface area contributed by atoms with E-state index >= 15 is 0 Å². The molecule has 2 amide bonds. The first-order valence-corrected chi connectivity index (χ1v) is 13.0. The fourth-order valence-electron chi connectivity index (χ4n) is 4.02. The van der Waals surface area contributed by atoms with Crippen molar-refractivity contribution in [2.75, 3.05) is 31.5 Å². The van der Waals surface area contributed by atoms with E-state index in [1.165, 1.54) is 53.0 Å². The van der Waals surface area contributed by atoms with E-state index < -0.39 is 17.6 Å². The Labute approximate surface area is 210 Å². The number of carbonyl (C=O) groups excluding carboxylic acids is 2. The normalized spacial score (nSPS) is 18.5. The number of anilines is 1. The zero-order valence-electron chi connectivity index (χ0n) is 19.5.